The second-order valence-corrected chi connectivity index (χ2v) is 3.86. The summed E-state index contributed by atoms with van der Waals surface area (Å²) in [7, 11) is 0. The number of rotatable bonds is 1. The van der Waals surface area contributed by atoms with Gasteiger partial charge in [0.25, 0.3) is 0 Å². The zero-order chi connectivity index (χ0) is 10.1. The van der Waals surface area contributed by atoms with E-state index in [1.165, 1.54) is 0 Å². The van der Waals surface area contributed by atoms with Crippen LogP contribution in [0.3, 0.4) is 0 Å². The lowest BCUT2D eigenvalue weighted by atomic mass is 10.1. The Kier molecular flexibility index (Phi) is 2.62. The van der Waals surface area contributed by atoms with Gasteiger partial charge in [-0.3, -0.25) is 0 Å². The third-order valence-corrected chi connectivity index (χ3v) is 2.89. The molecule has 1 aromatic carbocycles. The lowest BCUT2D eigenvalue weighted by Gasteiger charge is -2.06. The average molecular weight is 226 g/mol. The smallest absolute Gasteiger partial charge is 0.136 e. The molecule has 1 aromatic heterocycles. The monoisotopic (exact) mass is 225 g/mol. The predicted molar refractivity (Wildman–Crippen MR) is 61.1 cm³/mol. The Bertz CT molecular complexity index is 480. The molecular formula is C11H9Cl2N. The summed E-state index contributed by atoms with van der Waals surface area (Å²) in [5, 5.41) is 3.21. The summed E-state index contributed by atoms with van der Waals surface area (Å²) in [6, 6.07) is 5.70. The first-order valence-electron chi connectivity index (χ1n) is 4.45. The van der Waals surface area contributed by atoms with Crippen molar-refractivity contribution in [1.82, 2.24) is 4.98 Å². The molecule has 0 N–H and O–H groups in total. The number of fused-ring (bicyclic) bond motifs is 1. The van der Waals surface area contributed by atoms with Crippen molar-refractivity contribution in [2.45, 2.75) is 13.3 Å². The maximum Gasteiger partial charge on any atom is 0.136 e. The fraction of sp³-hybridized carbons (Fsp3) is 0.182. The highest BCUT2D eigenvalue weighted by atomic mass is 35.5. The van der Waals surface area contributed by atoms with Gasteiger partial charge in [-0.1, -0.05) is 42.3 Å². The number of pyridine rings is 1. The second-order valence-electron chi connectivity index (χ2n) is 3.09. The number of hydrogen-bond donors (Lipinski definition) is 0. The topological polar surface area (TPSA) is 12.9 Å². The van der Waals surface area contributed by atoms with Gasteiger partial charge >= 0.3 is 0 Å². The van der Waals surface area contributed by atoms with Crippen molar-refractivity contribution in [2.24, 2.45) is 0 Å². The zero-order valence-corrected chi connectivity index (χ0v) is 9.23. The van der Waals surface area contributed by atoms with Gasteiger partial charge in [-0.05, 0) is 18.1 Å². The van der Waals surface area contributed by atoms with Crippen molar-refractivity contribution < 1.29 is 0 Å². The normalized spacial score (nSPS) is 10.8. The van der Waals surface area contributed by atoms with E-state index in [4.69, 9.17) is 23.2 Å². The summed E-state index contributed by atoms with van der Waals surface area (Å²) in [5.74, 6) is 0. The Balaban J connectivity index is 2.92. The summed E-state index contributed by atoms with van der Waals surface area (Å²) >= 11 is 12.1. The molecule has 0 spiro atoms. The second kappa shape index (κ2) is 3.76. The van der Waals surface area contributed by atoms with Crippen molar-refractivity contribution in [3.63, 3.8) is 0 Å². The fourth-order valence-corrected chi connectivity index (χ4v) is 2.06. The molecule has 0 bridgehead atoms. The van der Waals surface area contributed by atoms with Gasteiger partial charge in [0.2, 0.25) is 0 Å². The zero-order valence-electron chi connectivity index (χ0n) is 7.72. The van der Waals surface area contributed by atoms with E-state index in [0.29, 0.717) is 5.15 Å². The molecule has 14 heavy (non-hydrogen) atoms. The predicted octanol–water partition coefficient (Wildman–Crippen LogP) is 4.10. The lowest BCUT2D eigenvalue weighted by molar-refractivity contribution is 1.13. The number of aromatic nitrogens is 1. The molecule has 0 atom stereocenters. The molecule has 0 aliphatic heterocycles. The van der Waals surface area contributed by atoms with Gasteiger partial charge < -0.3 is 0 Å². The van der Waals surface area contributed by atoms with E-state index < -0.39 is 0 Å². The van der Waals surface area contributed by atoms with Crippen LogP contribution in [-0.2, 0) is 6.42 Å². The third-order valence-electron chi connectivity index (χ3n) is 2.27. The Labute approximate surface area is 92.7 Å². The lowest BCUT2D eigenvalue weighted by Crippen LogP contribution is -1.88. The number of halogens is 2. The molecule has 0 aliphatic rings. The summed E-state index contributed by atoms with van der Waals surface area (Å²) in [6.45, 7) is 2.08. The molecule has 2 rings (SSSR count). The van der Waals surface area contributed by atoms with Crippen LogP contribution in [0.15, 0.2) is 24.4 Å². The number of aryl methyl sites for hydroxylation is 1. The van der Waals surface area contributed by atoms with Crippen LogP contribution in [-0.4, -0.2) is 4.98 Å². The Hall–Kier alpha value is -0.790. The van der Waals surface area contributed by atoms with E-state index in [2.05, 4.69) is 11.9 Å². The molecule has 0 saturated carbocycles. The summed E-state index contributed by atoms with van der Waals surface area (Å²) < 4.78 is 0. The van der Waals surface area contributed by atoms with Crippen molar-refractivity contribution >= 4 is 34.0 Å². The van der Waals surface area contributed by atoms with E-state index in [-0.39, 0.29) is 0 Å². The van der Waals surface area contributed by atoms with Gasteiger partial charge in [0.15, 0.2) is 0 Å². The minimum atomic E-state index is 0.514. The van der Waals surface area contributed by atoms with Gasteiger partial charge in [-0.25, -0.2) is 4.98 Å². The third kappa shape index (κ3) is 1.47. The fourth-order valence-electron chi connectivity index (χ4n) is 1.56. The highest BCUT2D eigenvalue weighted by Gasteiger charge is 2.07. The molecule has 2 aromatic rings. The van der Waals surface area contributed by atoms with Gasteiger partial charge in [0.1, 0.15) is 5.15 Å². The molecule has 0 amide bonds. The average Bonchev–Trinajstić information content (AvgIpc) is 2.20. The van der Waals surface area contributed by atoms with Crippen LogP contribution >= 0.6 is 23.2 Å². The highest BCUT2D eigenvalue weighted by molar-refractivity contribution is 6.39. The first-order chi connectivity index (χ1) is 6.74. The summed E-state index contributed by atoms with van der Waals surface area (Å²) in [4.78, 5) is 4.13. The molecule has 0 saturated heterocycles. The van der Waals surface area contributed by atoms with Crippen LogP contribution in [0, 0.1) is 0 Å². The molecule has 0 fully saturated rings. The standard InChI is InChI=1S/C11H9Cl2N/c1-2-7-6-14-11(13)8-4-3-5-9(12)10(7)8/h3-6H,2H2,1H3. The Morgan fingerprint density at radius 3 is 2.79 bits per heavy atom. The van der Waals surface area contributed by atoms with E-state index in [0.717, 1.165) is 27.8 Å². The van der Waals surface area contributed by atoms with E-state index >= 15 is 0 Å². The van der Waals surface area contributed by atoms with E-state index in [1.807, 2.05) is 18.2 Å². The van der Waals surface area contributed by atoms with Crippen LogP contribution in [0.5, 0.6) is 0 Å². The first-order valence-corrected chi connectivity index (χ1v) is 5.21. The van der Waals surface area contributed by atoms with E-state index in [1.54, 1.807) is 6.20 Å². The quantitative estimate of drug-likeness (QED) is 0.667. The largest absolute Gasteiger partial charge is 0.244 e. The van der Waals surface area contributed by atoms with Crippen molar-refractivity contribution in [2.75, 3.05) is 0 Å². The van der Waals surface area contributed by atoms with Crippen LogP contribution < -0.4 is 0 Å². The van der Waals surface area contributed by atoms with Crippen LogP contribution in [0.1, 0.15) is 12.5 Å². The molecule has 0 unspecified atom stereocenters. The van der Waals surface area contributed by atoms with E-state index in [9.17, 15) is 0 Å². The van der Waals surface area contributed by atoms with Crippen molar-refractivity contribution in [3.05, 3.63) is 40.1 Å². The maximum atomic E-state index is 6.13. The van der Waals surface area contributed by atoms with Crippen molar-refractivity contribution in [1.29, 1.82) is 0 Å². The molecule has 0 aliphatic carbocycles. The van der Waals surface area contributed by atoms with Crippen LogP contribution in [0.2, 0.25) is 10.2 Å². The Morgan fingerprint density at radius 2 is 2.07 bits per heavy atom. The molecule has 3 heteroatoms. The molecular weight excluding hydrogens is 217 g/mol. The van der Waals surface area contributed by atoms with Crippen LogP contribution in [0.4, 0.5) is 0 Å². The van der Waals surface area contributed by atoms with Gasteiger partial charge in [-0.2, -0.15) is 0 Å². The maximum absolute atomic E-state index is 6.13. The summed E-state index contributed by atoms with van der Waals surface area (Å²) in [6.07, 6.45) is 2.70. The molecule has 1 heterocycles. The van der Waals surface area contributed by atoms with Gasteiger partial charge in [-0.15, -0.1) is 0 Å². The molecule has 0 radical (unpaired) electrons. The van der Waals surface area contributed by atoms with Gasteiger partial charge in [0.05, 0.1) is 0 Å². The SMILES string of the molecule is CCc1cnc(Cl)c2cccc(Cl)c12. The number of hydrogen-bond acceptors (Lipinski definition) is 1. The minimum Gasteiger partial charge on any atom is -0.244 e. The number of nitrogens with zero attached hydrogens (tertiary/aromatic N) is 1. The van der Waals surface area contributed by atoms with Crippen LogP contribution in [0.25, 0.3) is 10.8 Å². The van der Waals surface area contributed by atoms with Gasteiger partial charge in [0, 0.05) is 22.0 Å². The Morgan fingerprint density at radius 1 is 1.29 bits per heavy atom. The minimum absolute atomic E-state index is 0.514. The molecule has 72 valence electrons. The first kappa shape index (κ1) is 9.75. The summed E-state index contributed by atoms with van der Waals surface area (Å²) in [5.41, 5.74) is 1.13. The van der Waals surface area contributed by atoms with Crippen molar-refractivity contribution in [3.8, 4) is 0 Å². The molecule has 1 nitrogen and oxygen atoms in total. The highest BCUT2D eigenvalue weighted by Crippen LogP contribution is 2.30. The number of benzene rings is 1.